The molecule has 1 unspecified atom stereocenters. The molecule has 5 heteroatoms. The van der Waals surface area contributed by atoms with Gasteiger partial charge in [-0.2, -0.15) is 0 Å². The van der Waals surface area contributed by atoms with Crippen molar-refractivity contribution < 1.29 is 0 Å². The summed E-state index contributed by atoms with van der Waals surface area (Å²) in [5.41, 5.74) is 6.64. The number of nitrogens with zero attached hydrogens (tertiary/aromatic N) is 4. The lowest BCUT2D eigenvalue weighted by atomic mass is 10.2. The average Bonchev–Trinajstić information content (AvgIpc) is 2.52. The van der Waals surface area contributed by atoms with Gasteiger partial charge in [0.05, 0.1) is 0 Å². The van der Waals surface area contributed by atoms with Crippen LogP contribution < -0.4 is 10.6 Å². The highest BCUT2D eigenvalue weighted by Crippen LogP contribution is 2.15. The average molecular weight is 249 g/mol. The highest BCUT2D eigenvalue weighted by atomic mass is 15.3. The number of hydrogen-bond acceptors (Lipinski definition) is 5. The first-order valence-electron chi connectivity index (χ1n) is 6.67. The van der Waals surface area contributed by atoms with E-state index in [1.807, 2.05) is 12.4 Å². The Bertz CT molecular complexity index is 364. The summed E-state index contributed by atoms with van der Waals surface area (Å²) >= 11 is 0. The third-order valence-electron chi connectivity index (χ3n) is 3.43. The van der Waals surface area contributed by atoms with Gasteiger partial charge < -0.3 is 15.5 Å². The third kappa shape index (κ3) is 3.17. The summed E-state index contributed by atoms with van der Waals surface area (Å²) < 4.78 is 0. The molecule has 1 atom stereocenters. The van der Waals surface area contributed by atoms with E-state index in [4.69, 9.17) is 5.73 Å². The maximum Gasteiger partial charge on any atom is 0.225 e. The van der Waals surface area contributed by atoms with Gasteiger partial charge in [0.2, 0.25) is 5.95 Å². The summed E-state index contributed by atoms with van der Waals surface area (Å²) in [7, 11) is 2.17. The molecule has 0 saturated carbocycles. The van der Waals surface area contributed by atoms with Crippen molar-refractivity contribution in [1.82, 2.24) is 14.9 Å². The van der Waals surface area contributed by atoms with E-state index in [9.17, 15) is 0 Å². The van der Waals surface area contributed by atoms with Gasteiger partial charge in [-0.3, -0.25) is 0 Å². The molecule has 0 aromatic carbocycles. The molecule has 1 aromatic rings. The van der Waals surface area contributed by atoms with Crippen molar-refractivity contribution in [3.05, 3.63) is 18.0 Å². The van der Waals surface area contributed by atoms with Crippen LogP contribution in [0.1, 0.15) is 18.9 Å². The Kier molecular flexibility index (Phi) is 4.49. The van der Waals surface area contributed by atoms with Gasteiger partial charge in [-0.1, -0.05) is 0 Å². The van der Waals surface area contributed by atoms with E-state index in [0.29, 0.717) is 12.6 Å². The molecule has 5 nitrogen and oxygen atoms in total. The van der Waals surface area contributed by atoms with E-state index < -0.39 is 0 Å². The molecule has 2 N–H and O–H groups in total. The minimum atomic E-state index is 0.456. The maximum absolute atomic E-state index is 5.53. The van der Waals surface area contributed by atoms with E-state index in [2.05, 4.69) is 33.7 Å². The Morgan fingerprint density at radius 3 is 2.72 bits per heavy atom. The summed E-state index contributed by atoms with van der Waals surface area (Å²) in [6.45, 7) is 6.12. The fourth-order valence-electron chi connectivity index (χ4n) is 2.46. The molecule has 0 aliphatic carbocycles. The SMILES string of the molecule is CC1CN(C)CCCN1c1ncc(CCN)cn1. The van der Waals surface area contributed by atoms with Gasteiger partial charge in [0.15, 0.2) is 0 Å². The lowest BCUT2D eigenvalue weighted by Crippen LogP contribution is -2.38. The van der Waals surface area contributed by atoms with Crippen molar-refractivity contribution in [3.8, 4) is 0 Å². The van der Waals surface area contributed by atoms with Crippen LogP contribution in [0.25, 0.3) is 0 Å². The first kappa shape index (κ1) is 13.2. The van der Waals surface area contributed by atoms with E-state index in [0.717, 1.165) is 44.0 Å². The van der Waals surface area contributed by atoms with Crippen molar-refractivity contribution in [2.24, 2.45) is 5.73 Å². The molecular weight excluding hydrogens is 226 g/mol. The maximum atomic E-state index is 5.53. The Hall–Kier alpha value is -1.20. The predicted molar refractivity (Wildman–Crippen MR) is 73.7 cm³/mol. The predicted octanol–water partition coefficient (Wildman–Crippen LogP) is 0.508. The number of nitrogens with two attached hydrogens (primary N) is 1. The second kappa shape index (κ2) is 6.11. The van der Waals surface area contributed by atoms with Gasteiger partial charge in [-0.25, -0.2) is 9.97 Å². The number of hydrogen-bond donors (Lipinski definition) is 1. The number of likely N-dealkylation sites (N-methyl/N-ethyl adjacent to an activating group) is 1. The normalized spacial score (nSPS) is 21.9. The highest BCUT2D eigenvalue weighted by Gasteiger charge is 2.21. The summed E-state index contributed by atoms with van der Waals surface area (Å²) in [6.07, 6.45) is 5.81. The van der Waals surface area contributed by atoms with Crippen LogP contribution in [0.4, 0.5) is 5.95 Å². The lowest BCUT2D eigenvalue weighted by molar-refractivity contribution is 0.337. The first-order chi connectivity index (χ1) is 8.70. The van der Waals surface area contributed by atoms with Crippen LogP contribution in [0.2, 0.25) is 0 Å². The monoisotopic (exact) mass is 249 g/mol. The Balaban J connectivity index is 2.09. The minimum Gasteiger partial charge on any atom is -0.337 e. The Morgan fingerprint density at radius 2 is 2.06 bits per heavy atom. The molecule has 100 valence electrons. The van der Waals surface area contributed by atoms with Gasteiger partial charge in [-0.05, 0) is 45.5 Å². The fourth-order valence-corrected chi connectivity index (χ4v) is 2.46. The second-order valence-corrected chi connectivity index (χ2v) is 5.09. The molecule has 1 aliphatic heterocycles. The highest BCUT2D eigenvalue weighted by molar-refractivity contribution is 5.32. The Labute approximate surface area is 109 Å². The molecule has 0 radical (unpaired) electrons. The molecule has 1 aromatic heterocycles. The van der Waals surface area contributed by atoms with E-state index in [-0.39, 0.29) is 0 Å². The molecule has 1 saturated heterocycles. The summed E-state index contributed by atoms with van der Waals surface area (Å²) in [4.78, 5) is 13.6. The van der Waals surface area contributed by atoms with Crippen LogP contribution in [0.5, 0.6) is 0 Å². The summed E-state index contributed by atoms with van der Waals surface area (Å²) in [5.74, 6) is 0.846. The van der Waals surface area contributed by atoms with Gasteiger partial charge in [0, 0.05) is 31.5 Å². The quantitative estimate of drug-likeness (QED) is 0.846. The van der Waals surface area contributed by atoms with Crippen LogP contribution in [0, 0.1) is 0 Å². The lowest BCUT2D eigenvalue weighted by Gasteiger charge is -2.27. The Morgan fingerprint density at radius 1 is 1.33 bits per heavy atom. The molecule has 1 aliphatic rings. The fraction of sp³-hybridized carbons (Fsp3) is 0.692. The van der Waals surface area contributed by atoms with Crippen molar-refractivity contribution in [3.63, 3.8) is 0 Å². The largest absolute Gasteiger partial charge is 0.337 e. The minimum absolute atomic E-state index is 0.456. The summed E-state index contributed by atoms with van der Waals surface area (Å²) in [5, 5.41) is 0. The van der Waals surface area contributed by atoms with Gasteiger partial charge >= 0.3 is 0 Å². The number of aromatic nitrogens is 2. The smallest absolute Gasteiger partial charge is 0.225 e. The second-order valence-electron chi connectivity index (χ2n) is 5.09. The van der Waals surface area contributed by atoms with Crippen molar-refractivity contribution in [2.45, 2.75) is 25.8 Å². The molecule has 0 amide bonds. The van der Waals surface area contributed by atoms with Crippen LogP contribution >= 0.6 is 0 Å². The molecule has 1 fully saturated rings. The van der Waals surface area contributed by atoms with Crippen LogP contribution in [-0.2, 0) is 6.42 Å². The first-order valence-corrected chi connectivity index (χ1v) is 6.67. The molecule has 18 heavy (non-hydrogen) atoms. The summed E-state index contributed by atoms with van der Waals surface area (Å²) in [6, 6.07) is 0.456. The van der Waals surface area contributed by atoms with E-state index in [1.165, 1.54) is 0 Å². The van der Waals surface area contributed by atoms with Crippen molar-refractivity contribution in [2.75, 3.05) is 38.1 Å². The molecule has 2 heterocycles. The van der Waals surface area contributed by atoms with Crippen molar-refractivity contribution >= 4 is 5.95 Å². The topological polar surface area (TPSA) is 58.3 Å². The van der Waals surface area contributed by atoms with Gasteiger partial charge in [0.25, 0.3) is 0 Å². The third-order valence-corrected chi connectivity index (χ3v) is 3.43. The standard InChI is InChI=1S/C13H23N5/c1-11-10-17(2)6-3-7-18(11)13-15-8-12(4-5-14)9-16-13/h8-9,11H,3-7,10,14H2,1-2H3. The molecule has 2 rings (SSSR count). The number of anilines is 1. The zero-order valence-electron chi connectivity index (χ0n) is 11.3. The van der Waals surface area contributed by atoms with E-state index >= 15 is 0 Å². The van der Waals surface area contributed by atoms with Crippen molar-refractivity contribution in [1.29, 1.82) is 0 Å². The van der Waals surface area contributed by atoms with Gasteiger partial charge in [-0.15, -0.1) is 0 Å². The molecule has 0 spiro atoms. The zero-order chi connectivity index (χ0) is 13.0. The zero-order valence-corrected chi connectivity index (χ0v) is 11.3. The van der Waals surface area contributed by atoms with Crippen LogP contribution in [0.15, 0.2) is 12.4 Å². The molecule has 0 bridgehead atoms. The van der Waals surface area contributed by atoms with Crippen LogP contribution in [-0.4, -0.2) is 54.1 Å². The van der Waals surface area contributed by atoms with E-state index in [1.54, 1.807) is 0 Å². The van der Waals surface area contributed by atoms with Gasteiger partial charge in [0.1, 0.15) is 0 Å². The molecular formula is C13H23N5. The number of rotatable bonds is 3. The van der Waals surface area contributed by atoms with Crippen LogP contribution in [0.3, 0.4) is 0 Å².